The molecular weight excluding hydrogens is 424 g/mol. The third-order valence-corrected chi connectivity index (χ3v) is 6.93. The molecular formula is C28H30N4O2. The molecule has 2 amide bonds. The standard InChI is InChI=1S/C28H30N4O2/c29-18-19-5-4-8-23(17-19)30-26(20-6-2-1-3-7-20)27(33)31-22-11-15-25(16-12-22)32-24-13-9-21(10-14-24)28(32)34/h1-8,11-12,15-17,21,24,26,30H,9-10,13-14,18,29H2,(H,31,33)/t21?,24?,26-/m0/s1. The Morgan fingerprint density at radius 2 is 1.65 bits per heavy atom. The van der Waals surface area contributed by atoms with E-state index in [0.29, 0.717) is 18.3 Å². The number of nitrogens with two attached hydrogens (primary N) is 1. The van der Waals surface area contributed by atoms with Crippen molar-refractivity contribution < 1.29 is 9.59 Å². The van der Waals surface area contributed by atoms with E-state index in [1.165, 1.54) is 0 Å². The molecule has 0 spiro atoms. The van der Waals surface area contributed by atoms with Crippen LogP contribution in [0.15, 0.2) is 78.9 Å². The molecule has 4 N–H and O–H groups in total. The van der Waals surface area contributed by atoms with Gasteiger partial charge in [-0.15, -0.1) is 0 Å². The lowest BCUT2D eigenvalue weighted by molar-refractivity contribution is -0.127. The summed E-state index contributed by atoms with van der Waals surface area (Å²) in [4.78, 5) is 28.1. The number of benzene rings is 3. The summed E-state index contributed by atoms with van der Waals surface area (Å²) in [6.07, 6.45) is 4.17. The molecule has 3 fully saturated rings. The smallest absolute Gasteiger partial charge is 0.251 e. The molecule has 34 heavy (non-hydrogen) atoms. The summed E-state index contributed by atoms with van der Waals surface area (Å²) in [5.74, 6) is 0.248. The highest BCUT2D eigenvalue weighted by atomic mass is 16.2. The maximum atomic E-state index is 13.4. The number of nitrogens with one attached hydrogen (secondary N) is 2. The monoisotopic (exact) mass is 454 g/mol. The number of anilines is 3. The molecule has 1 atom stereocenters. The number of fused-ring (bicyclic) bond motifs is 3. The first-order valence-corrected chi connectivity index (χ1v) is 12.0. The van der Waals surface area contributed by atoms with Crippen LogP contribution in [0.1, 0.15) is 42.9 Å². The van der Waals surface area contributed by atoms with Crippen molar-refractivity contribution in [2.24, 2.45) is 11.7 Å². The highest BCUT2D eigenvalue weighted by Crippen LogP contribution is 2.39. The van der Waals surface area contributed by atoms with Gasteiger partial charge in [-0.3, -0.25) is 9.59 Å². The third-order valence-electron chi connectivity index (χ3n) is 6.93. The van der Waals surface area contributed by atoms with Gasteiger partial charge in [0.2, 0.25) is 5.91 Å². The van der Waals surface area contributed by atoms with Crippen LogP contribution in [0.4, 0.5) is 17.1 Å². The van der Waals surface area contributed by atoms with Crippen LogP contribution in [0, 0.1) is 5.92 Å². The molecule has 0 unspecified atom stereocenters. The third kappa shape index (κ3) is 4.54. The lowest BCUT2D eigenvalue weighted by Crippen LogP contribution is -2.52. The van der Waals surface area contributed by atoms with E-state index in [4.69, 9.17) is 5.73 Å². The Morgan fingerprint density at radius 3 is 2.32 bits per heavy atom. The Kier molecular flexibility index (Phi) is 6.32. The van der Waals surface area contributed by atoms with Crippen LogP contribution in [0.3, 0.4) is 0 Å². The van der Waals surface area contributed by atoms with Crippen molar-refractivity contribution in [2.45, 2.75) is 44.3 Å². The summed E-state index contributed by atoms with van der Waals surface area (Å²) in [6.45, 7) is 0.436. The molecule has 6 nitrogen and oxygen atoms in total. The Bertz CT molecular complexity index is 1150. The van der Waals surface area contributed by atoms with Crippen LogP contribution >= 0.6 is 0 Å². The van der Waals surface area contributed by atoms with E-state index in [2.05, 4.69) is 10.6 Å². The van der Waals surface area contributed by atoms with E-state index in [0.717, 1.165) is 48.2 Å². The molecule has 1 saturated carbocycles. The minimum Gasteiger partial charge on any atom is -0.370 e. The molecule has 0 radical (unpaired) electrons. The molecule has 174 valence electrons. The minimum atomic E-state index is -0.576. The summed E-state index contributed by atoms with van der Waals surface area (Å²) in [5, 5.41) is 6.39. The fourth-order valence-corrected chi connectivity index (χ4v) is 5.12. The van der Waals surface area contributed by atoms with Gasteiger partial charge in [0.05, 0.1) is 0 Å². The van der Waals surface area contributed by atoms with Crippen molar-refractivity contribution in [3.05, 3.63) is 90.0 Å². The normalized spacial score (nSPS) is 20.1. The van der Waals surface area contributed by atoms with Crippen molar-refractivity contribution in [3.8, 4) is 0 Å². The van der Waals surface area contributed by atoms with Crippen molar-refractivity contribution in [2.75, 3.05) is 15.5 Å². The summed E-state index contributed by atoms with van der Waals surface area (Å²) < 4.78 is 0. The predicted molar refractivity (Wildman–Crippen MR) is 135 cm³/mol. The predicted octanol–water partition coefficient (Wildman–Crippen LogP) is 4.84. The molecule has 1 aliphatic carbocycles. The van der Waals surface area contributed by atoms with Crippen molar-refractivity contribution >= 4 is 28.9 Å². The van der Waals surface area contributed by atoms with Gasteiger partial charge >= 0.3 is 0 Å². The van der Waals surface area contributed by atoms with Gasteiger partial charge in [-0.25, -0.2) is 0 Å². The Morgan fingerprint density at radius 1 is 0.912 bits per heavy atom. The fourth-order valence-electron chi connectivity index (χ4n) is 5.12. The minimum absolute atomic E-state index is 0.162. The second-order valence-corrected chi connectivity index (χ2v) is 9.14. The van der Waals surface area contributed by atoms with Gasteiger partial charge in [-0.05, 0) is 73.2 Å². The summed E-state index contributed by atoms with van der Waals surface area (Å²) in [5.41, 5.74) is 10.1. The van der Waals surface area contributed by atoms with E-state index in [-0.39, 0.29) is 17.7 Å². The van der Waals surface area contributed by atoms with Gasteiger partial charge in [0, 0.05) is 35.6 Å². The zero-order chi connectivity index (χ0) is 23.5. The molecule has 2 aliphatic heterocycles. The molecule has 3 aromatic carbocycles. The molecule has 6 heteroatoms. The fraction of sp³-hybridized carbons (Fsp3) is 0.286. The number of carbonyl (C=O) groups is 2. The van der Waals surface area contributed by atoms with Crippen molar-refractivity contribution in [1.29, 1.82) is 0 Å². The zero-order valence-corrected chi connectivity index (χ0v) is 19.1. The number of carbonyl (C=O) groups excluding carboxylic acids is 2. The van der Waals surface area contributed by atoms with Gasteiger partial charge in [0.1, 0.15) is 6.04 Å². The molecule has 3 aliphatic rings. The van der Waals surface area contributed by atoms with Crippen LogP contribution in [-0.4, -0.2) is 17.9 Å². The van der Waals surface area contributed by atoms with Crippen LogP contribution in [0.2, 0.25) is 0 Å². The average Bonchev–Trinajstić information content (AvgIpc) is 2.89. The number of hydrogen-bond acceptors (Lipinski definition) is 4. The molecule has 3 aromatic rings. The zero-order valence-electron chi connectivity index (χ0n) is 19.1. The quantitative estimate of drug-likeness (QED) is 0.477. The molecule has 6 rings (SSSR count). The first-order chi connectivity index (χ1) is 16.6. The van der Waals surface area contributed by atoms with Crippen LogP contribution in [-0.2, 0) is 16.1 Å². The number of piperidine rings is 2. The number of nitrogens with zero attached hydrogens (tertiary/aromatic N) is 1. The van der Waals surface area contributed by atoms with Crippen molar-refractivity contribution in [3.63, 3.8) is 0 Å². The summed E-state index contributed by atoms with van der Waals surface area (Å²) >= 11 is 0. The maximum Gasteiger partial charge on any atom is 0.251 e. The van der Waals surface area contributed by atoms with Gasteiger partial charge in [0.25, 0.3) is 5.91 Å². The Balaban J connectivity index is 1.33. The number of hydrogen-bond donors (Lipinski definition) is 3. The number of rotatable bonds is 7. The lowest BCUT2D eigenvalue weighted by atomic mass is 9.79. The average molecular weight is 455 g/mol. The van der Waals surface area contributed by atoms with Gasteiger partial charge in [-0.2, -0.15) is 0 Å². The highest BCUT2D eigenvalue weighted by molar-refractivity contribution is 5.99. The first kappa shape index (κ1) is 22.2. The van der Waals surface area contributed by atoms with E-state index in [1.807, 2.05) is 83.8 Å². The van der Waals surface area contributed by atoms with E-state index >= 15 is 0 Å². The second-order valence-electron chi connectivity index (χ2n) is 9.14. The topological polar surface area (TPSA) is 87.5 Å². The second kappa shape index (κ2) is 9.69. The van der Waals surface area contributed by atoms with Gasteiger partial charge in [-0.1, -0.05) is 42.5 Å². The summed E-state index contributed by atoms with van der Waals surface area (Å²) in [7, 11) is 0. The van der Waals surface area contributed by atoms with Crippen LogP contribution < -0.4 is 21.3 Å². The largest absolute Gasteiger partial charge is 0.370 e. The van der Waals surface area contributed by atoms with Gasteiger partial charge in [0.15, 0.2) is 0 Å². The van der Waals surface area contributed by atoms with E-state index in [1.54, 1.807) is 0 Å². The van der Waals surface area contributed by atoms with Crippen LogP contribution in [0.25, 0.3) is 0 Å². The van der Waals surface area contributed by atoms with E-state index in [9.17, 15) is 9.59 Å². The SMILES string of the molecule is NCc1cccc(N[C@H](C(=O)Nc2ccc(N3C(=O)C4CCC3CC4)cc2)c2ccccc2)c1. The summed E-state index contributed by atoms with van der Waals surface area (Å²) in [6, 6.07) is 24.8. The van der Waals surface area contributed by atoms with Crippen molar-refractivity contribution in [1.82, 2.24) is 0 Å². The molecule has 2 bridgehead atoms. The number of amides is 2. The maximum absolute atomic E-state index is 13.4. The Hall–Kier alpha value is -3.64. The first-order valence-electron chi connectivity index (χ1n) is 12.0. The molecule has 2 saturated heterocycles. The molecule has 0 aromatic heterocycles. The molecule has 2 heterocycles. The van der Waals surface area contributed by atoms with Gasteiger partial charge < -0.3 is 21.3 Å². The van der Waals surface area contributed by atoms with E-state index < -0.39 is 6.04 Å². The van der Waals surface area contributed by atoms with Crippen LogP contribution in [0.5, 0.6) is 0 Å². The Labute approximate surface area is 200 Å². The highest BCUT2D eigenvalue weighted by Gasteiger charge is 2.40. The lowest BCUT2D eigenvalue weighted by Gasteiger charge is -2.44.